The second-order valence-electron chi connectivity index (χ2n) is 7.87. The van der Waals surface area contributed by atoms with E-state index in [1.54, 1.807) is 16.9 Å². The summed E-state index contributed by atoms with van der Waals surface area (Å²) in [6.07, 6.45) is 6.20. The van der Waals surface area contributed by atoms with Gasteiger partial charge in [-0.05, 0) is 37.8 Å². The number of para-hydroxylation sites is 2. The number of benzene rings is 1. The van der Waals surface area contributed by atoms with Crippen molar-refractivity contribution in [1.29, 1.82) is 0 Å². The summed E-state index contributed by atoms with van der Waals surface area (Å²) in [4.78, 5) is 36.7. The zero-order chi connectivity index (χ0) is 22.5. The molecule has 2 fully saturated rings. The van der Waals surface area contributed by atoms with Gasteiger partial charge in [-0.2, -0.15) is 0 Å². The van der Waals surface area contributed by atoms with Crippen molar-refractivity contribution >= 4 is 29.2 Å². The molecule has 0 atom stereocenters. The lowest BCUT2D eigenvalue weighted by Crippen LogP contribution is -2.45. The summed E-state index contributed by atoms with van der Waals surface area (Å²) in [5.74, 6) is 0.487. The molecule has 9 nitrogen and oxygen atoms in total. The maximum atomic E-state index is 12.8. The third-order valence-corrected chi connectivity index (χ3v) is 5.91. The van der Waals surface area contributed by atoms with Crippen molar-refractivity contribution in [3.8, 4) is 11.8 Å². The van der Waals surface area contributed by atoms with Crippen LogP contribution in [0.25, 0.3) is 0 Å². The highest BCUT2D eigenvalue weighted by molar-refractivity contribution is 6.30. The van der Waals surface area contributed by atoms with Crippen LogP contribution >= 0.6 is 11.6 Å². The second-order valence-corrected chi connectivity index (χ2v) is 8.31. The minimum Gasteiger partial charge on any atom is -0.495 e. The Hall–Kier alpha value is -3.07. The standard InChI is InChI=1S/C22H26ClN5O4/c1-31-19-5-3-2-4-18(19)28-11-10-27(22(28)30)14-20(29)26-16-6-8-17(9-7-16)32-21-24-12-15(23)13-25-21/h2-5,12-13,16-17H,6-11,14H2,1H3,(H,26,29). The van der Waals surface area contributed by atoms with E-state index in [0.717, 1.165) is 25.7 Å². The summed E-state index contributed by atoms with van der Waals surface area (Å²) in [6, 6.07) is 7.57. The van der Waals surface area contributed by atoms with Crippen molar-refractivity contribution in [2.45, 2.75) is 37.8 Å². The molecule has 170 valence electrons. The highest BCUT2D eigenvalue weighted by Crippen LogP contribution is 2.30. The second kappa shape index (κ2) is 10.0. The smallest absolute Gasteiger partial charge is 0.325 e. The zero-order valence-corrected chi connectivity index (χ0v) is 18.6. The van der Waals surface area contributed by atoms with Gasteiger partial charge in [-0.15, -0.1) is 0 Å². The number of ether oxygens (including phenoxy) is 2. The van der Waals surface area contributed by atoms with Crippen LogP contribution < -0.4 is 19.7 Å². The lowest BCUT2D eigenvalue weighted by Gasteiger charge is -2.29. The van der Waals surface area contributed by atoms with Crippen molar-refractivity contribution in [2.75, 3.05) is 31.6 Å². The molecular formula is C22H26ClN5O4. The molecule has 0 spiro atoms. The van der Waals surface area contributed by atoms with Crippen LogP contribution in [0.1, 0.15) is 25.7 Å². The number of hydrogen-bond donors (Lipinski definition) is 1. The molecule has 3 amide bonds. The number of amides is 3. The topological polar surface area (TPSA) is 96.9 Å². The number of rotatable bonds is 7. The summed E-state index contributed by atoms with van der Waals surface area (Å²) >= 11 is 5.79. The number of carbonyl (C=O) groups excluding carboxylic acids is 2. The minimum absolute atomic E-state index is 0.0129. The van der Waals surface area contributed by atoms with E-state index >= 15 is 0 Å². The first-order valence-corrected chi connectivity index (χ1v) is 11.0. The van der Waals surface area contributed by atoms with Gasteiger partial charge in [0.2, 0.25) is 5.91 Å². The van der Waals surface area contributed by atoms with E-state index in [1.807, 2.05) is 24.3 Å². The van der Waals surface area contributed by atoms with Crippen LogP contribution in [-0.2, 0) is 4.79 Å². The number of anilines is 1. The van der Waals surface area contributed by atoms with E-state index in [4.69, 9.17) is 21.1 Å². The number of aromatic nitrogens is 2. The van der Waals surface area contributed by atoms with E-state index in [1.165, 1.54) is 12.4 Å². The highest BCUT2D eigenvalue weighted by atomic mass is 35.5. The first-order valence-electron chi connectivity index (χ1n) is 10.7. The van der Waals surface area contributed by atoms with Crippen molar-refractivity contribution < 1.29 is 19.1 Å². The van der Waals surface area contributed by atoms with Gasteiger partial charge >= 0.3 is 12.0 Å². The van der Waals surface area contributed by atoms with Gasteiger partial charge in [0.15, 0.2) is 0 Å². The predicted molar refractivity (Wildman–Crippen MR) is 119 cm³/mol. The van der Waals surface area contributed by atoms with Crippen LogP contribution in [0.5, 0.6) is 11.8 Å². The minimum atomic E-state index is -0.190. The summed E-state index contributed by atoms with van der Waals surface area (Å²) in [5, 5.41) is 3.52. The molecule has 2 aromatic rings. The molecule has 10 heteroatoms. The molecule has 0 unspecified atom stereocenters. The number of nitrogens with zero attached hydrogens (tertiary/aromatic N) is 4. The molecule has 1 aromatic carbocycles. The predicted octanol–water partition coefficient (Wildman–Crippen LogP) is 2.89. The average molecular weight is 460 g/mol. The van der Waals surface area contributed by atoms with Gasteiger partial charge in [-0.25, -0.2) is 14.8 Å². The molecule has 32 heavy (non-hydrogen) atoms. The normalized spacial score (nSPS) is 20.9. The fourth-order valence-corrected chi connectivity index (χ4v) is 4.19. The SMILES string of the molecule is COc1ccccc1N1CCN(CC(=O)NC2CCC(Oc3ncc(Cl)cn3)CC2)C1=O. The van der Waals surface area contributed by atoms with E-state index in [0.29, 0.717) is 35.6 Å². The molecular weight excluding hydrogens is 434 g/mol. The monoisotopic (exact) mass is 459 g/mol. The third-order valence-electron chi connectivity index (χ3n) is 5.71. The van der Waals surface area contributed by atoms with Crippen LogP contribution in [0.2, 0.25) is 5.02 Å². The Morgan fingerprint density at radius 2 is 1.88 bits per heavy atom. The van der Waals surface area contributed by atoms with Gasteiger partial charge in [-0.1, -0.05) is 23.7 Å². The Kier molecular flexibility index (Phi) is 6.94. The number of methoxy groups -OCH3 is 1. The number of carbonyl (C=O) groups is 2. The molecule has 0 radical (unpaired) electrons. The molecule has 1 aliphatic carbocycles. The van der Waals surface area contributed by atoms with Crippen molar-refractivity contribution in [1.82, 2.24) is 20.2 Å². The highest BCUT2D eigenvalue weighted by Gasteiger charge is 2.33. The number of hydrogen-bond acceptors (Lipinski definition) is 6. The molecule has 1 saturated carbocycles. The van der Waals surface area contributed by atoms with E-state index in [9.17, 15) is 9.59 Å². The average Bonchev–Trinajstić information content (AvgIpc) is 3.16. The number of halogens is 1. The Morgan fingerprint density at radius 3 is 2.59 bits per heavy atom. The fourth-order valence-electron chi connectivity index (χ4n) is 4.09. The Labute approximate surface area is 191 Å². The zero-order valence-electron chi connectivity index (χ0n) is 17.9. The first kappa shape index (κ1) is 22.1. The molecule has 2 heterocycles. The summed E-state index contributed by atoms with van der Waals surface area (Å²) < 4.78 is 11.2. The quantitative estimate of drug-likeness (QED) is 0.683. The summed E-state index contributed by atoms with van der Waals surface area (Å²) in [6.45, 7) is 1.05. The Balaban J connectivity index is 1.23. The number of nitrogens with one attached hydrogen (secondary N) is 1. The molecule has 4 rings (SSSR count). The van der Waals surface area contributed by atoms with Crippen LogP contribution in [0.4, 0.5) is 10.5 Å². The maximum absolute atomic E-state index is 12.8. The van der Waals surface area contributed by atoms with Crippen molar-refractivity contribution in [2.24, 2.45) is 0 Å². The molecule has 2 aliphatic rings. The largest absolute Gasteiger partial charge is 0.495 e. The van der Waals surface area contributed by atoms with Gasteiger partial charge in [0.25, 0.3) is 0 Å². The lowest BCUT2D eigenvalue weighted by atomic mass is 9.93. The maximum Gasteiger partial charge on any atom is 0.325 e. The van der Waals surface area contributed by atoms with Crippen LogP contribution in [-0.4, -0.2) is 65.7 Å². The Morgan fingerprint density at radius 1 is 1.16 bits per heavy atom. The van der Waals surface area contributed by atoms with Crippen molar-refractivity contribution in [3.63, 3.8) is 0 Å². The molecule has 1 saturated heterocycles. The van der Waals surface area contributed by atoms with Gasteiger partial charge in [0.1, 0.15) is 18.4 Å². The van der Waals surface area contributed by atoms with Gasteiger partial charge < -0.3 is 19.7 Å². The van der Waals surface area contributed by atoms with E-state index in [-0.39, 0.29) is 30.6 Å². The Bertz CT molecular complexity index is 950. The molecule has 1 aliphatic heterocycles. The fraction of sp³-hybridized carbons (Fsp3) is 0.455. The van der Waals surface area contributed by atoms with Crippen LogP contribution in [0.3, 0.4) is 0 Å². The van der Waals surface area contributed by atoms with Gasteiger partial charge in [0.05, 0.1) is 30.2 Å². The van der Waals surface area contributed by atoms with E-state index < -0.39 is 0 Å². The lowest BCUT2D eigenvalue weighted by molar-refractivity contribution is -0.122. The van der Waals surface area contributed by atoms with Crippen LogP contribution in [0.15, 0.2) is 36.7 Å². The molecule has 1 N–H and O–H groups in total. The summed E-state index contributed by atoms with van der Waals surface area (Å²) in [5.41, 5.74) is 0.714. The van der Waals surface area contributed by atoms with Gasteiger partial charge in [-0.3, -0.25) is 9.69 Å². The van der Waals surface area contributed by atoms with Gasteiger partial charge in [0, 0.05) is 19.1 Å². The molecule has 0 bridgehead atoms. The first-order chi connectivity index (χ1) is 15.5. The third kappa shape index (κ3) is 5.21. The molecule has 1 aromatic heterocycles. The van der Waals surface area contributed by atoms with Crippen LogP contribution in [0, 0.1) is 0 Å². The van der Waals surface area contributed by atoms with Crippen molar-refractivity contribution in [3.05, 3.63) is 41.7 Å². The summed E-state index contributed by atoms with van der Waals surface area (Å²) in [7, 11) is 1.58. The van der Waals surface area contributed by atoms with E-state index in [2.05, 4.69) is 15.3 Å². The number of urea groups is 1.